The molecule has 1 N–H and O–H groups in total. The number of para-hydroxylation sites is 1. The van der Waals surface area contributed by atoms with Crippen molar-refractivity contribution in [1.29, 1.82) is 5.26 Å². The Bertz CT molecular complexity index is 636. The number of benzene rings is 1. The van der Waals surface area contributed by atoms with Gasteiger partial charge in [-0.1, -0.05) is 31.4 Å². The SMILES string of the molecule is N#CC1(NC(=O)COC(=O)COc2ccccc2F)CCCCC1. The summed E-state index contributed by atoms with van der Waals surface area (Å²) in [5.74, 6) is -1.97. The van der Waals surface area contributed by atoms with E-state index in [4.69, 9.17) is 9.47 Å². The van der Waals surface area contributed by atoms with Crippen molar-refractivity contribution < 1.29 is 23.5 Å². The van der Waals surface area contributed by atoms with E-state index in [0.717, 1.165) is 19.3 Å². The first kappa shape index (κ1) is 17.7. The monoisotopic (exact) mass is 334 g/mol. The van der Waals surface area contributed by atoms with E-state index >= 15 is 0 Å². The van der Waals surface area contributed by atoms with E-state index in [9.17, 15) is 19.2 Å². The molecule has 0 bridgehead atoms. The highest BCUT2D eigenvalue weighted by Crippen LogP contribution is 2.27. The van der Waals surface area contributed by atoms with E-state index in [-0.39, 0.29) is 5.75 Å². The first-order chi connectivity index (χ1) is 11.5. The van der Waals surface area contributed by atoms with Crippen molar-refractivity contribution in [3.8, 4) is 11.8 Å². The zero-order valence-electron chi connectivity index (χ0n) is 13.2. The van der Waals surface area contributed by atoms with Crippen molar-refractivity contribution in [3.05, 3.63) is 30.1 Å². The van der Waals surface area contributed by atoms with Crippen LogP contribution in [0.25, 0.3) is 0 Å². The lowest BCUT2D eigenvalue weighted by molar-refractivity contribution is -0.150. The molecule has 0 aromatic heterocycles. The molecule has 0 unspecified atom stereocenters. The second-order valence-electron chi connectivity index (χ2n) is 5.68. The Hall–Kier alpha value is -2.62. The molecule has 1 aliphatic rings. The Balaban J connectivity index is 1.74. The van der Waals surface area contributed by atoms with Crippen LogP contribution in [0.5, 0.6) is 5.75 Å². The Morgan fingerprint density at radius 1 is 1.21 bits per heavy atom. The fourth-order valence-corrected chi connectivity index (χ4v) is 2.61. The summed E-state index contributed by atoms with van der Waals surface area (Å²) in [5.41, 5.74) is -0.870. The Labute approximate surface area is 139 Å². The van der Waals surface area contributed by atoms with Gasteiger partial charge in [-0.05, 0) is 25.0 Å². The number of rotatable bonds is 6. The van der Waals surface area contributed by atoms with Gasteiger partial charge in [0.05, 0.1) is 6.07 Å². The predicted octanol–water partition coefficient (Wildman–Crippen LogP) is 2.09. The van der Waals surface area contributed by atoms with Gasteiger partial charge < -0.3 is 14.8 Å². The summed E-state index contributed by atoms with van der Waals surface area (Å²) in [6.07, 6.45) is 4.00. The van der Waals surface area contributed by atoms with E-state index < -0.39 is 36.4 Å². The number of esters is 1. The highest BCUT2D eigenvalue weighted by Gasteiger charge is 2.33. The molecule has 0 aliphatic heterocycles. The highest BCUT2D eigenvalue weighted by atomic mass is 19.1. The Morgan fingerprint density at radius 2 is 1.92 bits per heavy atom. The van der Waals surface area contributed by atoms with Crippen molar-refractivity contribution in [3.63, 3.8) is 0 Å². The molecule has 1 aromatic carbocycles. The molecule has 0 radical (unpaired) electrons. The normalized spacial score (nSPS) is 15.8. The van der Waals surface area contributed by atoms with Crippen molar-refractivity contribution >= 4 is 11.9 Å². The third kappa shape index (κ3) is 4.95. The van der Waals surface area contributed by atoms with Gasteiger partial charge in [-0.25, -0.2) is 9.18 Å². The average molecular weight is 334 g/mol. The van der Waals surface area contributed by atoms with Crippen LogP contribution in [0.15, 0.2) is 24.3 Å². The van der Waals surface area contributed by atoms with Gasteiger partial charge in [-0.2, -0.15) is 5.26 Å². The van der Waals surface area contributed by atoms with Crippen molar-refractivity contribution in [1.82, 2.24) is 5.32 Å². The van der Waals surface area contributed by atoms with Crippen LogP contribution in [-0.4, -0.2) is 30.6 Å². The zero-order valence-corrected chi connectivity index (χ0v) is 13.2. The number of carbonyl (C=O) groups is 2. The largest absolute Gasteiger partial charge is 0.479 e. The van der Waals surface area contributed by atoms with E-state index in [2.05, 4.69) is 11.4 Å². The molecular formula is C17H19FN2O4. The summed E-state index contributed by atoms with van der Waals surface area (Å²) in [7, 11) is 0. The van der Waals surface area contributed by atoms with Gasteiger partial charge >= 0.3 is 5.97 Å². The molecule has 1 aliphatic carbocycles. The van der Waals surface area contributed by atoms with Crippen molar-refractivity contribution in [2.24, 2.45) is 0 Å². The predicted molar refractivity (Wildman–Crippen MR) is 82.4 cm³/mol. The van der Waals surface area contributed by atoms with Crippen LogP contribution in [0.2, 0.25) is 0 Å². The topological polar surface area (TPSA) is 88.4 Å². The molecule has 1 amide bonds. The maximum absolute atomic E-state index is 13.3. The smallest absolute Gasteiger partial charge is 0.344 e. The van der Waals surface area contributed by atoms with Crippen LogP contribution in [-0.2, 0) is 14.3 Å². The van der Waals surface area contributed by atoms with Crippen LogP contribution in [0.1, 0.15) is 32.1 Å². The molecule has 0 heterocycles. The number of hydrogen-bond donors (Lipinski definition) is 1. The fraction of sp³-hybridized carbons (Fsp3) is 0.471. The second-order valence-corrected chi connectivity index (χ2v) is 5.68. The molecule has 0 atom stereocenters. The van der Waals surface area contributed by atoms with Gasteiger partial charge in [-0.15, -0.1) is 0 Å². The molecule has 2 rings (SSSR count). The molecule has 128 valence electrons. The lowest BCUT2D eigenvalue weighted by Crippen LogP contribution is -2.50. The Kier molecular flexibility index (Phi) is 6.13. The zero-order chi connectivity index (χ0) is 17.4. The summed E-state index contributed by atoms with van der Waals surface area (Å²) >= 11 is 0. The number of nitrogens with one attached hydrogen (secondary N) is 1. The molecule has 0 spiro atoms. The summed E-state index contributed by atoms with van der Waals surface area (Å²) in [6, 6.07) is 7.82. The first-order valence-corrected chi connectivity index (χ1v) is 7.80. The van der Waals surface area contributed by atoms with Crippen LogP contribution in [0.4, 0.5) is 4.39 Å². The number of ether oxygens (including phenoxy) is 2. The number of hydrogen-bond acceptors (Lipinski definition) is 5. The number of carbonyl (C=O) groups excluding carboxylic acids is 2. The van der Waals surface area contributed by atoms with E-state index in [1.807, 2.05) is 0 Å². The van der Waals surface area contributed by atoms with Gasteiger partial charge in [0.2, 0.25) is 0 Å². The number of nitriles is 1. The third-order valence-electron chi connectivity index (χ3n) is 3.85. The number of nitrogens with zero attached hydrogens (tertiary/aromatic N) is 1. The average Bonchev–Trinajstić information content (AvgIpc) is 2.60. The molecule has 24 heavy (non-hydrogen) atoms. The van der Waals surface area contributed by atoms with Crippen LogP contribution in [0, 0.1) is 17.1 Å². The molecule has 6 nitrogen and oxygen atoms in total. The van der Waals surface area contributed by atoms with Crippen molar-refractivity contribution in [2.45, 2.75) is 37.6 Å². The lowest BCUT2D eigenvalue weighted by atomic mass is 9.83. The molecular weight excluding hydrogens is 315 g/mol. The summed E-state index contributed by atoms with van der Waals surface area (Å²) in [4.78, 5) is 23.4. The Morgan fingerprint density at radius 3 is 2.58 bits per heavy atom. The summed E-state index contributed by atoms with van der Waals surface area (Å²) in [5, 5.41) is 11.9. The summed E-state index contributed by atoms with van der Waals surface area (Å²) in [6.45, 7) is -1.000. The fourth-order valence-electron chi connectivity index (χ4n) is 2.61. The maximum atomic E-state index is 13.3. The highest BCUT2D eigenvalue weighted by molar-refractivity contribution is 5.81. The minimum absolute atomic E-state index is 0.0652. The molecule has 7 heteroatoms. The molecule has 0 saturated heterocycles. The minimum atomic E-state index is -0.870. The second kappa shape index (κ2) is 8.29. The van der Waals surface area contributed by atoms with Gasteiger partial charge in [-0.3, -0.25) is 4.79 Å². The van der Waals surface area contributed by atoms with Gasteiger partial charge in [0, 0.05) is 0 Å². The summed E-state index contributed by atoms with van der Waals surface area (Å²) < 4.78 is 23.1. The third-order valence-corrected chi connectivity index (χ3v) is 3.85. The van der Waals surface area contributed by atoms with Crippen LogP contribution in [0.3, 0.4) is 0 Å². The van der Waals surface area contributed by atoms with Gasteiger partial charge in [0.15, 0.2) is 24.8 Å². The van der Waals surface area contributed by atoms with Gasteiger partial charge in [0.1, 0.15) is 5.54 Å². The maximum Gasteiger partial charge on any atom is 0.344 e. The number of amides is 1. The van der Waals surface area contributed by atoms with E-state index in [1.165, 1.54) is 18.2 Å². The van der Waals surface area contributed by atoms with Crippen LogP contribution < -0.4 is 10.1 Å². The molecule has 1 saturated carbocycles. The first-order valence-electron chi connectivity index (χ1n) is 7.80. The molecule has 1 aromatic rings. The van der Waals surface area contributed by atoms with E-state index in [1.54, 1.807) is 6.07 Å². The quantitative estimate of drug-likeness (QED) is 0.805. The minimum Gasteiger partial charge on any atom is -0.479 e. The lowest BCUT2D eigenvalue weighted by Gasteiger charge is -2.31. The van der Waals surface area contributed by atoms with Gasteiger partial charge in [0.25, 0.3) is 5.91 Å². The van der Waals surface area contributed by atoms with Crippen molar-refractivity contribution in [2.75, 3.05) is 13.2 Å². The van der Waals surface area contributed by atoms with Crippen LogP contribution >= 0.6 is 0 Å². The van der Waals surface area contributed by atoms with E-state index in [0.29, 0.717) is 12.8 Å². The number of halogens is 1. The molecule has 1 fully saturated rings. The standard InChI is InChI=1S/C17H19FN2O4/c18-13-6-2-3-7-14(13)23-11-16(22)24-10-15(21)20-17(12-19)8-4-1-5-9-17/h2-3,6-7H,1,4-5,8-11H2,(H,20,21).